The summed E-state index contributed by atoms with van der Waals surface area (Å²) in [5, 5.41) is 39.3. The predicted molar refractivity (Wildman–Crippen MR) is 337 cm³/mol. The number of alkyl carbamates (subject to hydrolysis) is 1. The van der Waals surface area contributed by atoms with Crippen LogP contribution in [0.3, 0.4) is 0 Å². The minimum atomic E-state index is -1.27. The van der Waals surface area contributed by atoms with E-state index in [0.717, 1.165) is 32.1 Å². The number of nitrogens with zero attached hydrogens (tertiary/aromatic N) is 3. The number of nitrogens with one attached hydrogen (secondary N) is 6. The lowest BCUT2D eigenvalue weighted by molar-refractivity contribution is -0.143. The summed E-state index contributed by atoms with van der Waals surface area (Å²) in [6.07, 6.45) is 4.05. The molecule has 9 atom stereocenters. The number of hydrogen-bond donors (Lipinski definition) is 12. The maximum Gasteiger partial charge on any atom is 0.408 e. The van der Waals surface area contributed by atoms with Gasteiger partial charge in [0.25, 0.3) is 0 Å². The molecule has 1 saturated heterocycles. The lowest BCUT2D eigenvalue weighted by atomic mass is 9.81. The molecule has 1 heterocycles. The van der Waals surface area contributed by atoms with Gasteiger partial charge >= 0.3 is 12.1 Å². The van der Waals surface area contributed by atoms with Crippen molar-refractivity contribution in [2.45, 2.75) is 179 Å². The van der Waals surface area contributed by atoms with Crippen molar-refractivity contribution < 1.29 is 58.0 Å². The minimum Gasteiger partial charge on any atom is -0.497 e. The van der Waals surface area contributed by atoms with Crippen LogP contribution in [-0.2, 0) is 57.7 Å². The number of aliphatic hydroxyl groups is 1. The molecule has 1 aliphatic heterocycles. The molecule has 7 amide bonds. The fourth-order valence-corrected chi connectivity index (χ4v) is 11.3. The highest BCUT2D eigenvalue weighted by atomic mass is 16.5. The van der Waals surface area contributed by atoms with E-state index in [9.17, 15) is 48.6 Å². The number of amides is 7. The second kappa shape index (κ2) is 36.7. The van der Waals surface area contributed by atoms with Crippen LogP contribution in [0.1, 0.15) is 128 Å². The highest BCUT2D eigenvalue weighted by Crippen LogP contribution is 2.30. The average Bonchev–Trinajstić information content (AvgIpc) is 2.51. The van der Waals surface area contributed by atoms with Crippen LogP contribution in [0.15, 0.2) is 94.9 Å². The number of aliphatic imine (C=N–C) groups is 2. The number of aliphatic hydroxyl groups excluding tert-OH is 1. The second-order valence-corrected chi connectivity index (χ2v) is 23.8. The van der Waals surface area contributed by atoms with Crippen LogP contribution in [0.5, 0.6) is 5.75 Å². The van der Waals surface area contributed by atoms with Gasteiger partial charge in [-0.1, -0.05) is 133 Å². The standard InChI is InChI=1S/C64H95N13O12/c1-39(2)46(55(79)74-51(61(85)86)36-43-27-29-45(88-5)30-28-43)37-53(78)49(34-41-18-9-6-10-19-41)72-59(83)54(40(3)4)76-57(81)50(35-42-20-11-7-12-21-42)73-58(82)52-26-17-33-77(52)60(84)48(25-16-32-70-63(67)68)71-56(80)47(24-15-31-69-62(65)66)75-64(87)89-38-44-22-13-8-14-23-44/h7-8,11-14,20-23,27-30,39-41,46-54,78H,6,9-10,15-19,24-26,31-38H2,1-5H3,(H,71,80)(H,72,83)(H,73,82)(H,74,79)(H,75,87)(H,76,81)(H,85,86)(H4,65,66,69)(H4,67,68,70)/t46-,47-,48-,49-,50-,51-,52-,53?,54-/m0/s1. The molecule has 2 aliphatic rings. The van der Waals surface area contributed by atoms with Gasteiger partial charge in [0.1, 0.15) is 48.6 Å². The Kier molecular flexibility index (Phi) is 29.4. The molecular formula is C64H95N13O12. The maximum absolute atomic E-state index is 14.8. The third-order valence-corrected chi connectivity index (χ3v) is 16.3. The van der Waals surface area contributed by atoms with E-state index >= 15 is 0 Å². The Labute approximate surface area is 522 Å². The van der Waals surface area contributed by atoms with Gasteiger partial charge in [0, 0.05) is 38.4 Å². The first-order valence-electron chi connectivity index (χ1n) is 31.0. The highest BCUT2D eigenvalue weighted by molar-refractivity contribution is 5.97. The molecule has 3 aromatic carbocycles. The molecule has 0 bridgehead atoms. The normalized spacial score (nSPS) is 16.8. The fourth-order valence-electron chi connectivity index (χ4n) is 11.3. The van der Waals surface area contributed by atoms with Gasteiger partial charge in [-0.15, -0.1) is 0 Å². The monoisotopic (exact) mass is 1240 g/mol. The summed E-state index contributed by atoms with van der Waals surface area (Å²) in [4.78, 5) is 122. The number of carboxylic acids is 1. The van der Waals surface area contributed by atoms with E-state index in [-0.39, 0.29) is 101 Å². The van der Waals surface area contributed by atoms with E-state index in [0.29, 0.717) is 35.3 Å². The van der Waals surface area contributed by atoms with Crippen LogP contribution in [0.2, 0.25) is 0 Å². The first-order chi connectivity index (χ1) is 42.5. The molecular weight excluding hydrogens is 1140 g/mol. The highest BCUT2D eigenvalue weighted by Gasteiger charge is 2.41. The van der Waals surface area contributed by atoms with Crippen LogP contribution >= 0.6 is 0 Å². The summed E-state index contributed by atoms with van der Waals surface area (Å²) in [7, 11) is 1.52. The van der Waals surface area contributed by atoms with Crippen LogP contribution in [0.4, 0.5) is 4.79 Å². The van der Waals surface area contributed by atoms with Crippen molar-refractivity contribution in [3.63, 3.8) is 0 Å². The van der Waals surface area contributed by atoms with Crippen molar-refractivity contribution in [1.82, 2.24) is 36.8 Å². The lowest BCUT2D eigenvalue weighted by Crippen LogP contribution is -2.60. The Morgan fingerprint density at radius 1 is 0.607 bits per heavy atom. The molecule has 2 fully saturated rings. The molecule has 0 aromatic heterocycles. The zero-order valence-electron chi connectivity index (χ0n) is 52.1. The topological polar surface area (TPSA) is 400 Å². The largest absolute Gasteiger partial charge is 0.497 e. The van der Waals surface area contributed by atoms with Crippen molar-refractivity contribution in [2.75, 3.05) is 26.7 Å². The second-order valence-electron chi connectivity index (χ2n) is 23.8. The van der Waals surface area contributed by atoms with Gasteiger partial charge in [0.15, 0.2) is 11.9 Å². The van der Waals surface area contributed by atoms with E-state index < -0.39 is 108 Å². The first kappa shape index (κ1) is 71.3. The Bertz CT molecular complexity index is 2810. The number of hydrogen-bond acceptors (Lipinski definition) is 13. The van der Waals surface area contributed by atoms with Crippen molar-refractivity contribution in [3.8, 4) is 5.75 Å². The van der Waals surface area contributed by atoms with E-state index in [4.69, 9.17) is 32.4 Å². The van der Waals surface area contributed by atoms with E-state index in [1.807, 2.05) is 19.9 Å². The molecule has 1 aliphatic carbocycles. The molecule has 0 spiro atoms. The Balaban J connectivity index is 1.35. The molecule has 0 radical (unpaired) electrons. The van der Waals surface area contributed by atoms with Crippen molar-refractivity contribution >= 4 is 59.4 Å². The molecule has 16 N–H and O–H groups in total. The minimum absolute atomic E-state index is 0.00440. The zero-order chi connectivity index (χ0) is 65.0. The summed E-state index contributed by atoms with van der Waals surface area (Å²) in [5.41, 5.74) is 24.3. The van der Waals surface area contributed by atoms with Crippen LogP contribution in [-0.4, -0.2) is 150 Å². The maximum atomic E-state index is 14.8. The van der Waals surface area contributed by atoms with E-state index in [1.165, 1.54) is 12.0 Å². The molecule has 5 rings (SSSR count). The summed E-state index contributed by atoms with van der Waals surface area (Å²) in [5.74, 6) is -6.33. The molecule has 3 aromatic rings. The fraction of sp³-hybridized carbons (Fsp3) is 0.562. The van der Waals surface area contributed by atoms with Crippen LogP contribution in [0, 0.1) is 23.7 Å². The molecule has 488 valence electrons. The lowest BCUT2D eigenvalue weighted by Gasteiger charge is -2.34. The Hall–Kier alpha value is -8.48. The average molecular weight is 1240 g/mol. The molecule has 1 unspecified atom stereocenters. The predicted octanol–water partition coefficient (Wildman–Crippen LogP) is 3.03. The smallest absolute Gasteiger partial charge is 0.408 e. The Morgan fingerprint density at radius 2 is 1.17 bits per heavy atom. The van der Waals surface area contributed by atoms with Gasteiger partial charge in [-0.2, -0.15) is 0 Å². The van der Waals surface area contributed by atoms with E-state index in [1.54, 1.807) is 92.7 Å². The van der Waals surface area contributed by atoms with Gasteiger partial charge < -0.3 is 79.4 Å². The number of methoxy groups -OCH3 is 1. The number of guanidine groups is 2. The van der Waals surface area contributed by atoms with Gasteiger partial charge in [-0.25, -0.2) is 9.59 Å². The van der Waals surface area contributed by atoms with Crippen molar-refractivity contribution in [1.29, 1.82) is 0 Å². The first-order valence-corrected chi connectivity index (χ1v) is 31.0. The number of carboxylic acid groups (broad SMARTS) is 1. The molecule has 25 nitrogen and oxygen atoms in total. The SMILES string of the molecule is COc1ccc(C[C@H](NC(=O)[C@@H](CC(O)[C@H](CC2CCCCC2)NC(=O)[C@@H](NC(=O)[C@H](Cc2ccccc2)NC(=O)[C@@H]2CCCN2C(=O)[C@H](CCCN=C(N)N)NC(=O)[C@H](CCCN=C(N)N)NC(=O)OCc2ccccc2)C(C)C)C(C)C)C(=O)O)cc1. The molecule has 89 heavy (non-hydrogen) atoms. The zero-order valence-corrected chi connectivity index (χ0v) is 52.1. The number of carbonyl (C=O) groups excluding carboxylic acids is 7. The number of ether oxygens (including phenoxy) is 2. The summed E-state index contributed by atoms with van der Waals surface area (Å²) >= 11 is 0. The number of benzene rings is 3. The number of aliphatic carboxylic acids is 1. The van der Waals surface area contributed by atoms with Gasteiger partial charge in [0.2, 0.25) is 35.4 Å². The molecule has 25 heteroatoms. The number of likely N-dealkylation sites (tertiary alicyclic amines) is 1. The number of rotatable bonds is 35. The van der Waals surface area contributed by atoms with Gasteiger partial charge in [-0.3, -0.25) is 38.8 Å². The summed E-state index contributed by atoms with van der Waals surface area (Å²) < 4.78 is 10.7. The summed E-state index contributed by atoms with van der Waals surface area (Å²) in [6, 6.07) is 16.6. The van der Waals surface area contributed by atoms with Gasteiger partial charge in [-0.05, 0) is 97.9 Å². The van der Waals surface area contributed by atoms with Crippen LogP contribution < -0.4 is 59.6 Å². The number of carbonyl (C=O) groups is 8. The van der Waals surface area contributed by atoms with E-state index in [2.05, 4.69) is 41.9 Å². The van der Waals surface area contributed by atoms with Crippen molar-refractivity contribution in [3.05, 3.63) is 102 Å². The quantitative estimate of drug-likeness (QED) is 0.0229. The van der Waals surface area contributed by atoms with Crippen molar-refractivity contribution in [2.24, 2.45) is 56.6 Å². The number of nitrogens with two attached hydrogens (primary N) is 4. The van der Waals surface area contributed by atoms with Gasteiger partial charge in [0.05, 0.1) is 19.3 Å². The third-order valence-electron chi connectivity index (χ3n) is 16.3. The van der Waals surface area contributed by atoms with Crippen LogP contribution in [0.25, 0.3) is 0 Å². The summed E-state index contributed by atoms with van der Waals surface area (Å²) in [6.45, 7) is 7.41. The third kappa shape index (κ3) is 24.2. The Morgan fingerprint density at radius 3 is 1.74 bits per heavy atom. The molecule has 1 saturated carbocycles.